The minimum Gasteiger partial charge on any atom is -0.507 e. The maximum absolute atomic E-state index is 14.2. The van der Waals surface area contributed by atoms with Crippen LogP contribution in [0.15, 0.2) is 106 Å². The Hall–Kier alpha value is -4.76. The van der Waals surface area contributed by atoms with Gasteiger partial charge < -0.3 is 23.9 Å². The van der Waals surface area contributed by atoms with Gasteiger partial charge in [-0.1, -0.05) is 60.7 Å². The molecule has 0 bridgehead atoms. The highest BCUT2D eigenvalue weighted by molar-refractivity contribution is 5.83. The van der Waals surface area contributed by atoms with Crippen LogP contribution >= 0.6 is 0 Å². The van der Waals surface area contributed by atoms with Gasteiger partial charge in [0, 0.05) is 11.1 Å². The smallest absolute Gasteiger partial charge is 0.453 e. The van der Waals surface area contributed by atoms with Crippen molar-refractivity contribution in [3.63, 3.8) is 0 Å². The Bertz CT molecular complexity index is 1640. The van der Waals surface area contributed by atoms with Crippen LogP contribution < -0.4 is 19.8 Å². The summed E-state index contributed by atoms with van der Waals surface area (Å²) < 4.78 is 58.7. The number of rotatable bonds is 9. The van der Waals surface area contributed by atoms with Gasteiger partial charge in [-0.2, -0.15) is 13.2 Å². The van der Waals surface area contributed by atoms with E-state index >= 15 is 0 Å². The van der Waals surface area contributed by atoms with E-state index in [1.807, 2.05) is 60.7 Å². The Morgan fingerprint density at radius 1 is 0.780 bits per heavy atom. The van der Waals surface area contributed by atoms with Gasteiger partial charge in [0.1, 0.15) is 36.9 Å². The predicted octanol–water partition coefficient (Wildman–Crippen LogP) is 6.10. The van der Waals surface area contributed by atoms with E-state index < -0.39 is 23.1 Å². The van der Waals surface area contributed by atoms with E-state index in [1.165, 1.54) is 43.5 Å². The lowest BCUT2D eigenvalue weighted by Gasteiger charge is -2.21. The molecule has 210 valence electrons. The minimum absolute atomic E-state index is 0.00305. The molecule has 4 aromatic carbocycles. The molecule has 41 heavy (non-hydrogen) atoms. The number of fused-ring (bicyclic) bond motifs is 1. The number of alkyl halides is 3. The van der Waals surface area contributed by atoms with Crippen molar-refractivity contribution < 1.29 is 37.1 Å². The highest BCUT2D eigenvalue weighted by Gasteiger charge is 2.41. The van der Waals surface area contributed by atoms with E-state index in [0.29, 0.717) is 18.8 Å². The molecule has 1 aromatic heterocycles. The normalized spacial score (nSPS) is 11.6. The van der Waals surface area contributed by atoms with E-state index in [4.69, 9.17) is 13.9 Å². The number of methoxy groups -OCH3 is 1. The molecule has 0 radical (unpaired) electrons. The van der Waals surface area contributed by atoms with Crippen LogP contribution in [0.3, 0.4) is 0 Å². The Morgan fingerprint density at radius 2 is 1.34 bits per heavy atom. The number of halogens is 3. The molecule has 0 saturated carbocycles. The van der Waals surface area contributed by atoms with Gasteiger partial charge in [0.05, 0.1) is 18.1 Å². The third kappa shape index (κ3) is 6.36. The van der Waals surface area contributed by atoms with Gasteiger partial charge in [0.2, 0.25) is 11.2 Å². The quantitative estimate of drug-likeness (QED) is 0.227. The van der Waals surface area contributed by atoms with Crippen molar-refractivity contribution in [2.45, 2.75) is 25.8 Å². The van der Waals surface area contributed by atoms with Crippen molar-refractivity contribution in [3.05, 3.63) is 130 Å². The first-order valence-corrected chi connectivity index (χ1v) is 12.8. The molecule has 0 amide bonds. The number of ether oxygens (including phenoxy) is 2. The molecular weight excluding hydrogens is 535 g/mol. The number of hydrogen-bond donors (Lipinski definition) is 2. The highest BCUT2D eigenvalue weighted by atomic mass is 19.4. The molecule has 0 atom stereocenters. The van der Waals surface area contributed by atoms with Crippen LogP contribution in [0.5, 0.6) is 23.0 Å². The second-order valence-corrected chi connectivity index (χ2v) is 9.56. The number of quaternary nitrogens is 1. The molecule has 6 nitrogen and oxygen atoms in total. The molecule has 0 aliphatic heterocycles. The van der Waals surface area contributed by atoms with Gasteiger partial charge in [-0.15, -0.1) is 0 Å². The Kier molecular flexibility index (Phi) is 7.98. The van der Waals surface area contributed by atoms with Gasteiger partial charge in [-0.05, 0) is 36.4 Å². The topological polar surface area (TPSA) is 73.3 Å². The zero-order valence-corrected chi connectivity index (χ0v) is 22.1. The first-order valence-electron chi connectivity index (χ1n) is 12.8. The van der Waals surface area contributed by atoms with Crippen LogP contribution in [0.25, 0.3) is 11.0 Å². The van der Waals surface area contributed by atoms with Gasteiger partial charge in [-0.3, -0.25) is 4.79 Å². The average Bonchev–Trinajstić information content (AvgIpc) is 2.96. The summed E-state index contributed by atoms with van der Waals surface area (Å²) in [6, 6.07) is 27.6. The third-order valence-corrected chi connectivity index (χ3v) is 6.65. The summed E-state index contributed by atoms with van der Waals surface area (Å²) in [5.74, 6) is -2.36. The zero-order valence-electron chi connectivity index (χ0n) is 22.1. The first kappa shape index (κ1) is 27.8. The Morgan fingerprint density at radius 3 is 1.88 bits per heavy atom. The third-order valence-electron chi connectivity index (χ3n) is 6.65. The standard InChI is InChI=1S/C32H26F3NO5/c1-39-23-12-14-24(15-13-23)40-30-28(38)25-16-17-27(37)26(29(25)41-31(30)32(33,34)35)20-36(18-21-8-4-2-5-9-21)19-22-10-6-3-7-11-22/h2-17,37H,18-20H2,1H3/p+1. The number of hydrogen-bond acceptors (Lipinski definition) is 5. The summed E-state index contributed by atoms with van der Waals surface area (Å²) in [6.45, 7) is 1.12. The van der Waals surface area contributed by atoms with E-state index in [2.05, 4.69) is 0 Å². The van der Waals surface area contributed by atoms with E-state index in [1.54, 1.807) is 0 Å². The zero-order chi connectivity index (χ0) is 29.0. The number of benzene rings is 4. The van der Waals surface area contributed by atoms with Crippen LogP contribution in [-0.2, 0) is 25.8 Å². The summed E-state index contributed by atoms with van der Waals surface area (Å²) in [5.41, 5.74) is 0.783. The molecule has 5 rings (SSSR count). The molecule has 0 spiro atoms. The molecule has 1 heterocycles. The first-order chi connectivity index (χ1) is 19.7. The van der Waals surface area contributed by atoms with Gasteiger partial charge in [-0.25, -0.2) is 0 Å². The number of phenolic OH excluding ortho intramolecular Hbond substituents is 1. The molecule has 0 saturated heterocycles. The fraction of sp³-hybridized carbons (Fsp3) is 0.156. The fourth-order valence-corrected chi connectivity index (χ4v) is 4.70. The van der Waals surface area contributed by atoms with E-state index in [0.717, 1.165) is 16.0 Å². The van der Waals surface area contributed by atoms with E-state index in [9.17, 15) is 23.1 Å². The molecule has 0 fully saturated rings. The van der Waals surface area contributed by atoms with Crippen LogP contribution in [0.4, 0.5) is 13.2 Å². The number of phenols is 1. The molecular formula is C32H27F3NO5+. The minimum atomic E-state index is -5.04. The molecule has 5 aromatic rings. The van der Waals surface area contributed by atoms with Crippen molar-refractivity contribution in [1.29, 1.82) is 0 Å². The van der Waals surface area contributed by atoms with Gasteiger partial charge >= 0.3 is 6.18 Å². The largest absolute Gasteiger partial charge is 0.507 e. The molecule has 0 aliphatic carbocycles. The second kappa shape index (κ2) is 11.8. The van der Waals surface area contributed by atoms with Crippen LogP contribution in [0.1, 0.15) is 22.5 Å². The fourth-order valence-electron chi connectivity index (χ4n) is 4.70. The lowest BCUT2D eigenvalue weighted by molar-refractivity contribution is -0.941. The lowest BCUT2D eigenvalue weighted by Crippen LogP contribution is -3.08. The molecule has 2 N–H and O–H groups in total. The van der Waals surface area contributed by atoms with E-state index in [-0.39, 0.29) is 34.6 Å². The van der Waals surface area contributed by atoms with Crippen molar-refractivity contribution >= 4 is 11.0 Å². The SMILES string of the molecule is COc1ccc(Oc2c(C(F)(F)F)oc3c(C[NH+](Cc4ccccc4)Cc4ccccc4)c(O)ccc3c2=O)cc1. The molecule has 0 unspecified atom stereocenters. The van der Waals surface area contributed by atoms with Crippen LogP contribution in [0, 0.1) is 0 Å². The summed E-state index contributed by atoms with van der Waals surface area (Å²) in [5, 5.41) is 10.7. The van der Waals surface area contributed by atoms with Crippen LogP contribution in [0.2, 0.25) is 0 Å². The average molecular weight is 563 g/mol. The Labute approximate surface area is 233 Å². The lowest BCUT2D eigenvalue weighted by atomic mass is 10.1. The maximum atomic E-state index is 14.2. The number of nitrogens with one attached hydrogen (secondary N) is 1. The van der Waals surface area contributed by atoms with Crippen molar-refractivity contribution in [3.8, 4) is 23.0 Å². The molecule has 0 aliphatic rings. The van der Waals surface area contributed by atoms with Crippen molar-refractivity contribution in [2.24, 2.45) is 0 Å². The summed E-state index contributed by atoms with van der Waals surface area (Å²) in [6.07, 6.45) is -5.04. The summed E-state index contributed by atoms with van der Waals surface area (Å²) in [7, 11) is 1.45. The Balaban J connectivity index is 1.60. The van der Waals surface area contributed by atoms with Gasteiger partial charge in [0.25, 0.3) is 5.76 Å². The van der Waals surface area contributed by atoms with Crippen molar-refractivity contribution in [2.75, 3.05) is 7.11 Å². The van der Waals surface area contributed by atoms with Crippen LogP contribution in [-0.4, -0.2) is 12.2 Å². The summed E-state index contributed by atoms with van der Waals surface area (Å²) >= 11 is 0. The second-order valence-electron chi connectivity index (χ2n) is 9.56. The predicted molar refractivity (Wildman–Crippen MR) is 147 cm³/mol. The number of aromatic hydroxyl groups is 1. The summed E-state index contributed by atoms with van der Waals surface area (Å²) in [4.78, 5) is 14.4. The molecule has 9 heteroatoms. The monoisotopic (exact) mass is 562 g/mol. The van der Waals surface area contributed by atoms with Gasteiger partial charge in [0.15, 0.2) is 5.58 Å². The van der Waals surface area contributed by atoms with Crippen molar-refractivity contribution in [1.82, 2.24) is 0 Å². The highest BCUT2D eigenvalue weighted by Crippen LogP contribution is 2.40. The maximum Gasteiger partial charge on any atom is 0.453 e.